The number of dihydropyridines is 1. The van der Waals surface area contributed by atoms with E-state index in [0.717, 1.165) is 88.8 Å². The molecular weight excluding hydrogens is 973 g/mol. The minimum Gasteiger partial charge on any atom is -0.340 e. The average molecular weight is 1050 g/mol. The molecule has 1 aromatic heterocycles. The summed E-state index contributed by atoms with van der Waals surface area (Å²) in [6.45, 7) is 18.9. The van der Waals surface area contributed by atoms with Gasteiger partial charge in [0.1, 0.15) is 5.84 Å². The molecule has 2 N–H and O–H groups in total. The van der Waals surface area contributed by atoms with Crippen molar-refractivity contribution in [2.75, 3.05) is 13.1 Å². The second kappa shape index (κ2) is 20.4. The number of aromatic nitrogens is 1. The van der Waals surface area contributed by atoms with Crippen molar-refractivity contribution in [1.29, 1.82) is 0 Å². The van der Waals surface area contributed by atoms with E-state index in [9.17, 15) is 0 Å². The molecular formula is C74H76N6. The lowest BCUT2D eigenvalue weighted by atomic mass is 9.68. The number of aliphatic imine (C=N–C) groups is 3. The van der Waals surface area contributed by atoms with Crippen LogP contribution >= 0.6 is 0 Å². The quantitative estimate of drug-likeness (QED) is 0.139. The van der Waals surface area contributed by atoms with Crippen LogP contribution in [0.5, 0.6) is 0 Å². The molecule has 0 saturated heterocycles. The molecule has 4 heterocycles. The largest absolute Gasteiger partial charge is 0.340 e. The minimum absolute atomic E-state index is 0.0109. The predicted octanol–water partition coefficient (Wildman–Crippen LogP) is 14.5. The van der Waals surface area contributed by atoms with E-state index < -0.39 is 0 Å². The van der Waals surface area contributed by atoms with Crippen LogP contribution in [0.25, 0.3) is 28.9 Å². The van der Waals surface area contributed by atoms with Crippen LogP contribution in [-0.4, -0.2) is 42.4 Å². The standard InChI is InChI=1S/C74H76N6/c1-45(53-20-10-16-48-30-33-75-42-62(48)53)24-29-69(57-21-11-15-47-14-8-7-9-19-54(47)57)78-41-46(2)51-25-27-55-60-38-68-61(39-67(60)73(3,4)65(55)36-51)56-28-26-52(37-66(56)74(68,5)6)70-40-71(58-22-12-17-49-31-34-76-43-63(49)58)80-72(79-70)59-23-13-18-50-32-35-77-44-64(50)59/h7-8,11-12,14-15,17,19-23,25-27,30,32-36,38-40,43-44,46,49,56,62,66,69-70,78H,1,9-10,13,16,18,24,28-29,31,37,41-42H2,2-6H3,(H,79,80). The van der Waals surface area contributed by atoms with Crippen LogP contribution in [0.15, 0.2) is 195 Å². The van der Waals surface area contributed by atoms with Gasteiger partial charge in [0.2, 0.25) is 0 Å². The summed E-state index contributed by atoms with van der Waals surface area (Å²) < 4.78 is 0. The summed E-state index contributed by atoms with van der Waals surface area (Å²) in [6.07, 6.45) is 48.2. The van der Waals surface area contributed by atoms with Crippen molar-refractivity contribution < 1.29 is 0 Å². The Labute approximate surface area is 474 Å². The van der Waals surface area contributed by atoms with Gasteiger partial charge < -0.3 is 10.6 Å². The lowest BCUT2D eigenvalue weighted by Crippen LogP contribution is -2.35. The molecule has 0 fully saturated rings. The Morgan fingerprint density at radius 1 is 0.863 bits per heavy atom. The van der Waals surface area contributed by atoms with Gasteiger partial charge in [-0.05, 0) is 189 Å². The summed E-state index contributed by atoms with van der Waals surface area (Å²) in [6, 6.07) is 21.9. The number of aryl methyl sites for hydroxylation is 1. The molecule has 10 aliphatic rings. The minimum atomic E-state index is -0.122. The summed E-state index contributed by atoms with van der Waals surface area (Å²) in [5.41, 5.74) is 24.5. The summed E-state index contributed by atoms with van der Waals surface area (Å²) in [4.78, 5) is 19.6. The first-order valence-corrected chi connectivity index (χ1v) is 30.1. The third kappa shape index (κ3) is 8.79. The SMILES string of the molecule is C=C(CCC(NCC(C)c1ccc2c(c1)C(C)(C)c1cc3c(cc1-2)C(C)(C)C1CC(C2C=C(C4=CC=CC5CC=NC=C45)NC(C4=CCCc5ccncc54)=N2)=CCC31)c1cccc2c1=CCC=CC=2)C1=CCCC2=CC=NCC21. The topological polar surface area (TPSA) is 74.0 Å². The number of hydrogen-bond acceptors (Lipinski definition) is 6. The first kappa shape index (κ1) is 50.9. The van der Waals surface area contributed by atoms with E-state index in [1.807, 2.05) is 24.8 Å². The first-order valence-electron chi connectivity index (χ1n) is 30.1. The summed E-state index contributed by atoms with van der Waals surface area (Å²) >= 11 is 0. The highest BCUT2D eigenvalue weighted by Gasteiger charge is 2.50. The smallest absolute Gasteiger partial charge is 0.134 e. The maximum atomic E-state index is 5.65. The van der Waals surface area contributed by atoms with Crippen molar-refractivity contribution in [2.24, 2.45) is 32.7 Å². The Hall–Kier alpha value is -7.28. The van der Waals surface area contributed by atoms with Crippen LogP contribution in [-0.2, 0) is 17.3 Å². The molecule has 6 heteroatoms. The van der Waals surface area contributed by atoms with Gasteiger partial charge in [-0.15, -0.1) is 0 Å². The molecule has 0 amide bonds. The second-order valence-electron chi connectivity index (χ2n) is 25.5. The Bertz CT molecular complexity index is 3810. The summed E-state index contributed by atoms with van der Waals surface area (Å²) in [5.74, 6) is 2.93. The maximum Gasteiger partial charge on any atom is 0.134 e. The van der Waals surface area contributed by atoms with Gasteiger partial charge in [-0.25, -0.2) is 0 Å². The Morgan fingerprint density at radius 2 is 1.76 bits per heavy atom. The number of benzene rings is 3. The second-order valence-corrected chi connectivity index (χ2v) is 25.5. The Kier molecular flexibility index (Phi) is 13.0. The predicted molar refractivity (Wildman–Crippen MR) is 334 cm³/mol. The molecule has 7 aliphatic carbocycles. The number of pyridine rings is 1. The van der Waals surface area contributed by atoms with Crippen molar-refractivity contribution in [1.82, 2.24) is 15.6 Å². The van der Waals surface area contributed by atoms with Gasteiger partial charge >= 0.3 is 0 Å². The Morgan fingerprint density at radius 3 is 2.69 bits per heavy atom. The number of amidine groups is 1. The van der Waals surface area contributed by atoms with Gasteiger partial charge in [0.25, 0.3) is 0 Å². The van der Waals surface area contributed by atoms with Crippen LogP contribution in [0.4, 0.5) is 0 Å². The van der Waals surface area contributed by atoms with Crippen molar-refractivity contribution in [2.45, 2.75) is 134 Å². The van der Waals surface area contributed by atoms with Crippen molar-refractivity contribution in [3.05, 3.63) is 235 Å². The molecule has 7 unspecified atom stereocenters. The van der Waals surface area contributed by atoms with E-state index in [4.69, 9.17) is 11.6 Å². The molecule has 0 saturated carbocycles. The van der Waals surface area contributed by atoms with Crippen LogP contribution < -0.4 is 21.1 Å². The van der Waals surface area contributed by atoms with E-state index in [2.05, 4.69) is 194 Å². The Balaban J connectivity index is 0.727. The van der Waals surface area contributed by atoms with Gasteiger partial charge in [0.05, 0.1) is 6.04 Å². The van der Waals surface area contributed by atoms with Crippen LogP contribution in [0.2, 0.25) is 0 Å². The molecule has 4 aromatic rings. The fourth-order valence-electron chi connectivity index (χ4n) is 15.7. The van der Waals surface area contributed by atoms with Gasteiger partial charge in [-0.2, -0.15) is 0 Å². The maximum absolute atomic E-state index is 5.65. The molecule has 80 heavy (non-hydrogen) atoms. The van der Waals surface area contributed by atoms with Gasteiger partial charge in [-0.1, -0.05) is 156 Å². The van der Waals surface area contributed by atoms with E-state index in [1.54, 1.807) is 5.56 Å². The van der Waals surface area contributed by atoms with Crippen LogP contribution in [0.1, 0.15) is 155 Å². The van der Waals surface area contributed by atoms with E-state index in [0.29, 0.717) is 29.6 Å². The number of rotatable bonds is 12. The molecule has 0 radical (unpaired) electrons. The first-order chi connectivity index (χ1) is 39.0. The molecule has 6 nitrogen and oxygen atoms in total. The molecule has 3 aromatic carbocycles. The zero-order chi connectivity index (χ0) is 54.3. The molecule has 402 valence electrons. The number of nitrogens with one attached hydrogen (secondary N) is 2. The number of nitrogens with zero attached hydrogens (tertiary/aromatic N) is 4. The third-order valence-electron chi connectivity index (χ3n) is 20.3. The molecule has 0 bridgehead atoms. The molecule has 14 rings (SSSR count). The third-order valence-corrected chi connectivity index (χ3v) is 20.3. The molecule has 7 atom stereocenters. The highest BCUT2D eigenvalue weighted by atomic mass is 15.1. The van der Waals surface area contributed by atoms with Crippen LogP contribution in [0, 0.1) is 17.8 Å². The van der Waals surface area contributed by atoms with Crippen molar-refractivity contribution in [3.63, 3.8) is 0 Å². The highest BCUT2D eigenvalue weighted by Crippen LogP contribution is 2.60. The highest BCUT2D eigenvalue weighted by molar-refractivity contribution is 6.24. The fraction of sp³-hybridized carbons (Fsp3) is 0.351. The van der Waals surface area contributed by atoms with E-state index in [1.165, 1.54) is 99.5 Å². The van der Waals surface area contributed by atoms with E-state index >= 15 is 0 Å². The van der Waals surface area contributed by atoms with Crippen molar-refractivity contribution >= 4 is 36.0 Å². The van der Waals surface area contributed by atoms with Gasteiger partial charge in [-0.3, -0.25) is 20.0 Å². The average Bonchev–Trinajstić information content (AvgIpc) is 3.25. The summed E-state index contributed by atoms with van der Waals surface area (Å²) in [5, 5.41) is 10.7. The van der Waals surface area contributed by atoms with Gasteiger partial charge in [0, 0.05) is 89.8 Å². The molecule has 3 aliphatic heterocycles. The lowest BCUT2D eigenvalue weighted by Gasteiger charge is -2.37. The summed E-state index contributed by atoms with van der Waals surface area (Å²) in [7, 11) is 0. The van der Waals surface area contributed by atoms with E-state index in [-0.39, 0.29) is 22.9 Å². The number of hydrogen-bond donors (Lipinski definition) is 2. The normalized spacial score (nSPS) is 25.5. The monoisotopic (exact) mass is 1050 g/mol. The fourth-order valence-corrected chi connectivity index (χ4v) is 15.7. The number of allylic oxidation sites excluding steroid dienone is 11. The van der Waals surface area contributed by atoms with Crippen LogP contribution in [0.3, 0.4) is 0 Å². The zero-order valence-electron chi connectivity index (χ0n) is 47.5. The number of fused-ring (bicyclic) bond motifs is 10. The zero-order valence-corrected chi connectivity index (χ0v) is 47.5. The van der Waals surface area contributed by atoms with Gasteiger partial charge in [0.15, 0.2) is 0 Å². The molecule has 0 spiro atoms. The lowest BCUT2D eigenvalue weighted by molar-refractivity contribution is 0.287. The van der Waals surface area contributed by atoms with Crippen molar-refractivity contribution in [3.8, 4) is 11.1 Å².